The number of hydrogen-bond donors (Lipinski definition) is 2. The second-order valence-electron chi connectivity index (χ2n) is 5.81. The molecule has 22 heavy (non-hydrogen) atoms. The normalized spacial score (nSPS) is 15.5. The van der Waals surface area contributed by atoms with E-state index in [1.54, 1.807) is 0 Å². The number of hydrogen-bond acceptors (Lipinski definition) is 3. The van der Waals surface area contributed by atoms with Crippen molar-refractivity contribution in [3.8, 4) is 0 Å². The van der Waals surface area contributed by atoms with Gasteiger partial charge in [-0.1, -0.05) is 12.1 Å². The van der Waals surface area contributed by atoms with Gasteiger partial charge >= 0.3 is 0 Å². The van der Waals surface area contributed by atoms with Crippen molar-refractivity contribution in [2.45, 2.75) is 45.3 Å². The molecule has 0 aliphatic heterocycles. The lowest BCUT2D eigenvalue weighted by molar-refractivity contribution is -0.121. The average molecular weight is 300 g/mol. The first-order valence-corrected chi connectivity index (χ1v) is 7.56. The molecular formula is C16H20N4O2. The van der Waals surface area contributed by atoms with E-state index < -0.39 is 0 Å². The summed E-state index contributed by atoms with van der Waals surface area (Å²) in [5, 5.41) is 5.82. The first-order valence-electron chi connectivity index (χ1n) is 7.56. The highest BCUT2D eigenvalue weighted by Gasteiger charge is 2.25. The molecule has 1 fully saturated rings. The van der Waals surface area contributed by atoms with Crippen LogP contribution in [0.5, 0.6) is 0 Å². The second kappa shape index (κ2) is 5.79. The van der Waals surface area contributed by atoms with Crippen LogP contribution in [0.1, 0.15) is 38.6 Å². The predicted octanol–water partition coefficient (Wildman–Crippen LogP) is 1.51. The van der Waals surface area contributed by atoms with E-state index in [0.29, 0.717) is 11.9 Å². The van der Waals surface area contributed by atoms with E-state index in [-0.39, 0.29) is 24.4 Å². The van der Waals surface area contributed by atoms with Crippen molar-refractivity contribution in [2.75, 3.05) is 0 Å². The van der Waals surface area contributed by atoms with Crippen molar-refractivity contribution in [1.29, 1.82) is 0 Å². The van der Waals surface area contributed by atoms with Crippen molar-refractivity contribution < 1.29 is 9.59 Å². The maximum absolute atomic E-state index is 12.2. The molecule has 2 amide bonds. The smallest absolute Gasteiger partial charge is 0.240 e. The lowest BCUT2D eigenvalue weighted by Gasteiger charge is -2.15. The van der Waals surface area contributed by atoms with E-state index in [1.165, 1.54) is 6.92 Å². The third-order valence-corrected chi connectivity index (χ3v) is 3.74. The number of carbonyl (C=O) groups is 2. The van der Waals surface area contributed by atoms with E-state index in [9.17, 15) is 9.59 Å². The fraction of sp³-hybridized carbons (Fsp3) is 0.438. The Hall–Kier alpha value is -2.37. The van der Waals surface area contributed by atoms with Crippen LogP contribution in [-0.4, -0.2) is 27.4 Å². The molecule has 3 rings (SSSR count). The molecule has 1 saturated carbocycles. The van der Waals surface area contributed by atoms with E-state index in [2.05, 4.69) is 15.6 Å². The van der Waals surface area contributed by atoms with E-state index in [0.717, 1.165) is 23.9 Å². The number of nitrogens with one attached hydrogen (secondary N) is 2. The summed E-state index contributed by atoms with van der Waals surface area (Å²) < 4.78 is 1.88. The van der Waals surface area contributed by atoms with Crippen molar-refractivity contribution in [3.63, 3.8) is 0 Å². The van der Waals surface area contributed by atoms with Crippen LogP contribution in [0.2, 0.25) is 0 Å². The monoisotopic (exact) mass is 300 g/mol. The van der Waals surface area contributed by atoms with Gasteiger partial charge in [0, 0.05) is 13.0 Å². The SMILES string of the molecule is CC(=O)NC(C)c1nc2ccccc2n1CC(=O)NC1CC1. The molecule has 2 N–H and O–H groups in total. The maximum Gasteiger partial charge on any atom is 0.240 e. The van der Waals surface area contributed by atoms with Gasteiger partial charge in [0.05, 0.1) is 17.1 Å². The van der Waals surface area contributed by atoms with Gasteiger partial charge in [-0.15, -0.1) is 0 Å². The molecule has 1 heterocycles. The molecule has 1 aliphatic carbocycles. The van der Waals surface area contributed by atoms with Gasteiger partial charge in [-0.2, -0.15) is 0 Å². The molecule has 0 saturated heterocycles. The molecule has 2 aromatic rings. The van der Waals surface area contributed by atoms with Crippen molar-refractivity contribution in [3.05, 3.63) is 30.1 Å². The molecule has 6 nitrogen and oxygen atoms in total. The number of nitrogens with zero attached hydrogens (tertiary/aromatic N) is 2. The molecule has 0 radical (unpaired) electrons. The number of fused-ring (bicyclic) bond motifs is 1. The Bertz CT molecular complexity index is 718. The van der Waals surface area contributed by atoms with Gasteiger partial charge < -0.3 is 15.2 Å². The largest absolute Gasteiger partial charge is 0.352 e. The summed E-state index contributed by atoms with van der Waals surface area (Å²) in [5.74, 6) is 0.567. The molecular weight excluding hydrogens is 280 g/mol. The minimum absolute atomic E-state index is 0.0121. The number of amides is 2. The fourth-order valence-corrected chi connectivity index (χ4v) is 2.60. The summed E-state index contributed by atoms with van der Waals surface area (Å²) in [5.41, 5.74) is 1.73. The van der Waals surface area contributed by atoms with E-state index in [4.69, 9.17) is 0 Å². The Kier molecular flexibility index (Phi) is 3.83. The molecule has 0 spiro atoms. The number of para-hydroxylation sites is 2. The summed E-state index contributed by atoms with van der Waals surface area (Å²) in [6, 6.07) is 7.77. The quantitative estimate of drug-likeness (QED) is 0.879. The van der Waals surface area contributed by atoms with Gasteiger partial charge in [0.25, 0.3) is 0 Å². The molecule has 6 heteroatoms. The Morgan fingerprint density at radius 2 is 2.09 bits per heavy atom. The summed E-state index contributed by atoms with van der Waals surface area (Å²) >= 11 is 0. The third kappa shape index (κ3) is 3.10. The average Bonchev–Trinajstić information content (AvgIpc) is 3.19. The minimum Gasteiger partial charge on any atom is -0.352 e. The topological polar surface area (TPSA) is 76.0 Å². The molecule has 1 aromatic heterocycles. The van der Waals surface area contributed by atoms with Gasteiger partial charge in [-0.3, -0.25) is 9.59 Å². The van der Waals surface area contributed by atoms with Crippen LogP contribution in [0.3, 0.4) is 0 Å². The van der Waals surface area contributed by atoms with Crippen LogP contribution in [0, 0.1) is 0 Å². The number of carbonyl (C=O) groups excluding carboxylic acids is 2. The van der Waals surface area contributed by atoms with Crippen LogP contribution in [0.15, 0.2) is 24.3 Å². The van der Waals surface area contributed by atoms with E-state index >= 15 is 0 Å². The van der Waals surface area contributed by atoms with Gasteiger partial charge in [-0.05, 0) is 31.9 Å². The van der Waals surface area contributed by atoms with Gasteiger partial charge in [-0.25, -0.2) is 4.98 Å². The van der Waals surface area contributed by atoms with Crippen molar-refractivity contribution in [1.82, 2.24) is 20.2 Å². The van der Waals surface area contributed by atoms with Crippen LogP contribution in [-0.2, 0) is 16.1 Å². The zero-order valence-corrected chi connectivity index (χ0v) is 12.8. The Labute approximate surface area is 128 Å². The molecule has 1 unspecified atom stereocenters. The summed E-state index contributed by atoms with van der Waals surface area (Å²) in [7, 11) is 0. The van der Waals surface area contributed by atoms with Crippen molar-refractivity contribution >= 4 is 22.8 Å². The number of imidazole rings is 1. The maximum atomic E-state index is 12.2. The van der Waals surface area contributed by atoms with Gasteiger partial charge in [0.2, 0.25) is 11.8 Å². The second-order valence-corrected chi connectivity index (χ2v) is 5.81. The first kappa shape index (κ1) is 14.6. The zero-order chi connectivity index (χ0) is 15.7. The van der Waals surface area contributed by atoms with Crippen LogP contribution in [0.4, 0.5) is 0 Å². The summed E-state index contributed by atoms with van der Waals surface area (Å²) in [4.78, 5) is 28.0. The minimum atomic E-state index is -0.251. The zero-order valence-electron chi connectivity index (χ0n) is 12.8. The predicted molar refractivity (Wildman–Crippen MR) is 83.1 cm³/mol. The molecule has 1 aromatic carbocycles. The third-order valence-electron chi connectivity index (χ3n) is 3.74. The molecule has 1 aliphatic rings. The summed E-state index contributed by atoms with van der Waals surface area (Å²) in [6.07, 6.45) is 2.12. The number of rotatable bonds is 5. The number of benzene rings is 1. The van der Waals surface area contributed by atoms with E-state index in [1.807, 2.05) is 35.8 Å². The highest BCUT2D eigenvalue weighted by atomic mass is 16.2. The van der Waals surface area contributed by atoms with Gasteiger partial charge in [0.15, 0.2) is 0 Å². The standard InChI is InChI=1S/C16H20N4O2/c1-10(17-11(2)21)16-19-13-5-3-4-6-14(13)20(16)9-15(22)18-12-7-8-12/h3-6,10,12H,7-9H2,1-2H3,(H,17,21)(H,18,22). The van der Waals surface area contributed by atoms with Crippen molar-refractivity contribution in [2.24, 2.45) is 0 Å². The van der Waals surface area contributed by atoms with Gasteiger partial charge in [0.1, 0.15) is 12.4 Å². The Balaban J connectivity index is 1.92. The summed E-state index contributed by atoms with van der Waals surface area (Å²) in [6.45, 7) is 3.57. The van der Waals surface area contributed by atoms with Crippen LogP contribution >= 0.6 is 0 Å². The molecule has 1 atom stereocenters. The van der Waals surface area contributed by atoms with Crippen LogP contribution in [0.25, 0.3) is 11.0 Å². The highest BCUT2D eigenvalue weighted by Crippen LogP contribution is 2.22. The lowest BCUT2D eigenvalue weighted by Crippen LogP contribution is -2.32. The molecule has 116 valence electrons. The highest BCUT2D eigenvalue weighted by molar-refractivity contribution is 5.81. The van der Waals surface area contributed by atoms with Crippen LogP contribution < -0.4 is 10.6 Å². The molecule has 0 bridgehead atoms. The Morgan fingerprint density at radius 1 is 1.36 bits per heavy atom. The first-order chi connectivity index (χ1) is 10.5. The fourth-order valence-electron chi connectivity index (χ4n) is 2.60. The Morgan fingerprint density at radius 3 is 2.77 bits per heavy atom. The lowest BCUT2D eigenvalue weighted by atomic mass is 10.3. The number of aromatic nitrogens is 2.